The fraction of sp³-hybridized carbons (Fsp3) is 0.150. The second kappa shape index (κ2) is 8.82. The molecule has 0 unspecified atom stereocenters. The minimum absolute atomic E-state index is 0.0356. The standard InChI is InChI=1S/C20H19IN2O2/c21-18-10-4-5-11-19(18)22-20(24)15-23(14-17-9-6-12-25-17)13-16-7-2-1-3-8-16/h1-12H,13-15H2,(H,22,24). The van der Waals surface area contributed by atoms with E-state index in [0.29, 0.717) is 19.6 Å². The summed E-state index contributed by atoms with van der Waals surface area (Å²) >= 11 is 2.22. The molecule has 128 valence electrons. The highest BCUT2D eigenvalue weighted by molar-refractivity contribution is 14.1. The summed E-state index contributed by atoms with van der Waals surface area (Å²) in [5.41, 5.74) is 2.00. The van der Waals surface area contributed by atoms with Crippen LogP contribution in [0.1, 0.15) is 11.3 Å². The van der Waals surface area contributed by atoms with E-state index in [2.05, 4.69) is 44.9 Å². The third-order valence-electron chi connectivity index (χ3n) is 3.72. The van der Waals surface area contributed by atoms with Gasteiger partial charge in [-0.2, -0.15) is 0 Å². The van der Waals surface area contributed by atoms with Gasteiger partial charge in [-0.3, -0.25) is 9.69 Å². The van der Waals surface area contributed by atoms with E-state index in [1.54, 1.807) is 6.26 Å². The zero-order chi connectivity index (χ0) is 17.5. The highest BCUT2D eigenvalue weighted by Crippen LogP contribution is 2.17. The van der Waals surface area contributed by atoms with Crippen molar-refractivity contribution in [2.24, 2.45) is 0 Å². The SMILES string of the molecule is O=C(CN(Cc1ccccc1)Cc1ccco1)Nc1ccccc1I. The van der Waals surface area contributed by atoms with Crippen LogP contribution in [0.25, 0.3) is 0 Å². The lowest BCUT2D eigenvalue weighted by molar-refractivity contribution is -0.117. The molecule has 5 heteroatoms. The third kappa shape index (κ3) is 5.44. The van der Waals surface area contributed by atoms with Gasteiger partial charge < -0.3 is 9.73 Å². The van der Waals surface area contributed by atoms with E-state index in [4.69, 9.17) is 4.42 Å². The van der Waals surface area contributed by atoms with Crippen molar-refractivity contribution in [3.05, 3.63) is 87.9 Å². The topological polar surface area (TPSA) is 45.5 Å². The minimum Gasteiger partial charge on any atom is -0.468 e. The van der Waals surface area contributed by atoms with Crippen LogP contribution < -0.4 is 5.32 Å². The van der Waals surface area contributed by atoms with Crippen LogP contribution in [0.5, 0.6) is 0 Å². The number of carbonyl (C=O) groups excluding carboxylic acids is 1. The first-order chi connectivity index (χ1) is 12.2. The molecule has 25 heavy (non-hydrogen) atoms. The van der Waals surface area contributed by atoms with Gasteiger partial charge in [0.2, 0.25) is 5.91 Å². The molecule has 0 fully saturated rings. The quantitative estimate of drug-likeness (QED) is 0.543. The van der Waals surface area contributed by atoms with Crippen molar-refractivity contribution < 1.29 is 9.21 Å². The summed E-state index contributed by atoms with van der Waals surface area (Å²) in [5.74, 6) is 0.810. The van der Waals surface area contributed by atoms with Gasteiger partial charge in [-0.15, -0.1) is 0 Å². The molecule has 4 nitrogen and oxygen atoms in total. The lowest BCUT2D eigenvalue weighted by atomic mass is 10.2. The number of nitrogens with one attached hydrogen (secondary N) is 1. The number of anilines is 1. The molecular formula is C20H19IN2O2. The van der Waals surface area contributed by atoms with Gasteiger partial charge in [-0.1, -0.05) is 42.5 Å². The van der Waals surface area contributed by atoms with Crippen LogP contribution >= 0.6 is 22.6 Å². The van der Waals surface area contributed by atoms with E-state index in [-0.39, 0.29) is 5.91 Å². The minimum atomic E-state index is -0.0356. The fourth-order valence-electron chi connectivity index (χ4n) is 2.59. The summed E-state index contributed by atoms with van der Waals surface area (Å²) in [7, 11) is 0. The number of amides is 1. The van der Waals surface area contributed by atoms with Gasteiger partial charge in [-0.05, 0) is 52.4 Å². The maximum Gasteiger partial charge on any atom is 0.238 e. The number of benzene rings is 2. The van der Waals surface area contributed by atoms with Crippen molar-refractivity contribution in [3.8, 4) is 0 Å². The fourth-order valence-corrected chi connectivity index (χ4v) is 3.11. The molecule has 0 spiro atoms. The Balaban J connectivity index is 1.68. The zero-order valence-corrected chi connectivity index (χ0v) is 15.8. The second-order valence-electron chi connectivity index (χ2n) is 5.74. The van der Waals surface area contributed by atoms with Crippen molar-refractivity contribution in [1.29, 1.82) is 0 Å². The Bertz CT molecular complexity index is 804. The normalized spacial score (nSPS) is 10.8. The van der Waals surface area contributed by atoms with Crippen LogP contribution in [-0.4, -0.2) is 17.4 Å². The molecule has 0 aliphatic carbocycles. The van der Waals surface area contributed by atoms with Crippen molar-refractivity contribution in [1.82, 2.24) is 4.90 Å². The van der Waals surface area contributed by atoms with Gasteiger partial charge in [0, 0.05) is 10.1 Å². The Morgan fingerprint density at radius 1 is 0.960 bits per heavy atom. The predicted octanol–water partition coefficient (Wildman–Crippen LogP) is 4.53. The van der Waals surface area contributed by atoms with Crippen molar-refractivity contribution in [3.63, 3.8) is 0 Å². The molecule has 0 bridgehead atoms. The molecular weight excluding hydrogens is 427 g/mol. The van der Waals surface area contributed by atoms with Crippen LogP contribution in [0.15, 0.2) is 77.4 Å². The van der Waals surface area contributed by atoms with Crippen molar-refractivity contribution in [2.45, 2.75) is 13.1 Å². The highest BCUT2D eigenvalue weighted by Gasteiger charge is 2.14. The molecule has 1 amide bonds. The van der Waals surface area contributed by atoms with Crippen LogP contribution in [0.2, 0.25) is 0 Å². The molecule has 0 radical (unpaired) electrons. The van der Waals surface area contributed by atoms with E-state index < -0.39 is 0 Å². The lowest BCUT2D eigenvalue weighted by Gasteiger charge is -2.21. The number of nitrogens with zero attached hydrogens (tertiary/aromatic N) is 1. The summed E-state index contributed by atoms with van der Waals surface area (Å²) in [6, 6.07) is 21.7. The molecule has 3 aromatic rings. The number of para-hydroxylation sites is 1. The number of hydrogen-bond donors (Lipinski definition) is 1. The molecule has 1 aromatic heterocycles. The monoisotopic (exact) mass is 446 g/mol. The van der Waals surface area contributed by atoms with Gasteiger partial charge >= 0.3 is 0 Å². The van der Waals surface area contributed by atoms with Crippen LogP contribution in [-0.2, 0) is 17.9 Å². The number of halogens is 1. The average Bonchev–Trinajstić information content (AvgIpc) is 3.11. The maximum atomic E-state index is 12.5. The first kappa shape index (κ1) is 17.7. The van der Waals surface area contributed by atoms with Crippen LogP contribution in [0.3, 0.4) is 0 Å². The summed E-state index contributed by atoms with van der Waals surface area (Å²) in [4.78, 5) is 14.6. The van der Waals surface area contributed by atoms with Gasteiger partial charge in [0.25, 0.3) is 0 Å². The Hall–Kier alpha value is -2.12. The van der Waals surface area contributed by atoms with Gasteiger partial charge in [0.15, 0.2) is 0 Å². The summed E-state index contributed by atoms with van der Waals surface area (Å²) in [6.07, 6.45) is 1.66. The number of rotatable bonds is 7. The number of carbonyl (C=O) groups is 1. The molecule has 0 atom stereocenters. The second-order valence-corrected chi connectivity index (χ2v) is 6.90. The molecule has 3 rings (SSSR count). The van der Waals surface area contributed by atoms with Gasteiger partial charge in [0.05, 0.1) is 25.0 Å². The zero-order valence-electron chi connectivity index (χ0n) is 13.7. The summed E-state index contributed by atoms with van der Waals surface area (Å²) < 4.78 is 6.47. The van der Waals surface area contributed by atoms with Crippen LogP contribution in [0, 0.1) is 3.57 Å². The number of furan rings is 1. The lowest BCUT2D eigenvalue weighted by Crippen LogP contribution is -2.32. The molecule has 0 aliphatic heterocycles. The summed E-state index contributed by atoms with van der Waals surface area (Å²) in [5, 5.41) is 2.99. The third-order valence-corrected chi connectivity index (χ3v) is 4.66. The number of hydrogen-bond acceptors (Lipinski definition) is 3. The van der Waals surface area contributed by atoms with Crippen LogP contribution in [0.4, 0.5) is 5.69 Å². The Morgan fingerprint density at radius 3 is 2.44 bits per heavy atom. The van der Waals surface area contributed by atoms with Crippen molar-refractivity contribution in [2.75, 3.05) is 11.9 Å². The highest BCUT2D eigenvalue weighted by atomic mass is 127. The molecule has 0 saturated carbocycles. The predicted molar refractivity (Wildman–Crippen MR) is 107 cm³/mol. The molecule has 0 saturated heterocycles. The van der Waals surface area contributed by atoms with E-state index >= 15 is 0 Å². The van der Waals surface area contributed by atoms with Gasteiger partial charge in [-0.25, -0.2) is 0 Å². The van der Waals surface area contributed by atoms with Gasteiger partial charge in [0.1, 0.15) is 5.76 Å². The Kier molecular flexibility index (Phi) is 6.25. The molecule has 2 aromatic carbocycles. The smallest absolute Gasteiger partial charge is 0.238 e. The van der Waals surface area contributed by atoms with E-state index in [1.807, 2.05) is 54.6 Å². The average molecular weight is 446 g/mol. The van der Waals surface area contributed by atoms with E-state index in [9.17, 15) is 4.79 Å². The molecule has 1 heterocycles. The summed E-state index contributed by atoms with van der Waals surface area (Å²) in [6.45, 7) is 1.56. The Labute approximate surface area is 161 Å². The first-order valence-electron chi connectivity index (χ1n) is 8.04. The van der Waals surface area contributed by atoms with E-state index in [1.165, 1.54) is 0 Å². The Morgan fingerprint density at radius 2 is 1.72 bits per heavy atom. The molecule has 1 N–H and O–H groups in total. The first-order valence-corrected chi connectivity index (χ1v) is 9.11. The largest absolute Gasteiger partial charge is 0.468 e. The van der Waals surface area contributed by atoms with E-state index in [0.717, 1.165) is 20.6 Å². The maximum absolute atomic E-state index is 12.5. The van der Waals surface area contributed by atoms with Crippen molar-refractivity contribution >= 4 is 34.2 Å². The molecule has 0 aliphatic rings.